The van der Waals surface area contributed by atoms with Crippen molar-refractivity contribution in [1.82, 2.24) is 10.3 Å². The fourth-order valence-electron chi connectivity index (χ4n) is 2.79. The van der Waals surface area contributed by atoms with Gasteiger partial charge in [-0.1, -0.05) is 32.0 Å². The Labute approximate surface area is 135 Å². The molecule has 0 aliphatic carbocycles. The second-order valence-electron chi connectivity index (χ2n) is 6.43. The molecule has 1 atom stereocenters. The van der Waals surface area contributed by atoms with Gasteiger partial charge in [0.25, 0.3) is 0 Å². The van der Waals surface area contributed by atoms with E-state index >= 15 is 0 Å². The van der Waals surface area contributed by atoms with Crippen molar-refractivity contribution in [2.75, 3.05) is 6.54 Å². The number of aromatic nitrogens is 1. The lowest BCUT2D eigenvalue weighted by molar-refractivity contribution is -0.124. The van der Waals surface area contributed by atoms with E-state index in [0.717, 1.165) is 11.3 Å². The van der Waals surface area contributed by atoms with E-state index in [4.69, 9.17) is 0 Å². The molecule has 4 heteroatoms. The molecular weight excluding hydrogens is 291 g/mol. The highest BCUT2D eigenvalue weighted by atomic mass is 19.1. The van der Waals surface area contributed by atoms with Crippen molar-refractivity contribution < 1.29 is 9.18 Å². The topological polar surface area (TPSA) is 42.0 Å². The van der Waals surface area contributed by atoms with Crippen molar-refractivity contribution in [3.8, 4) is 0 Å². The molecule has 23 heavy (non-hydrogen) atoms. The number of nitrogens with one attached hydrogen (secondary N) is 1. The number of benzene rings is 1. The van der Waals surface area contributed by atoms with Crippen molar-refractivity contribution in [2.24, 2.45) is 5.41 Å². The Morgan fingerprint density at radius 2 is 1.96 bits per heavy atom. The molecule has 0 saturated carbocycles. The summed E-state index contributed by atoms with van der Waals surface area (Å²) in [6.45, 7) is 4.43. The summed E-state index contributed by atoms with van der Waals surface area (Å²) in [7, 11) is 0. The predicted molar refractivity (Wildman–Crippen MR) is 88.1 cm³/mol. The van der Waals surface area contributed by atoms with Gasteiger partial charge in [0.2, 0.25) is 0 Å². The number of piperidine rings is 1. The SMILES string of the molecule is CC1(C)CNC(c2ccc(F)cc2)C(=Cc2ccccn2)C1=O. The normalized spacial score (nSPS) is 22.3. The number of hydrogen-bond donors (Lipinski definition) is 1. The van der Waals surface area contributed by atoms with Crippen molar-refractivity contribution in [3.05, 3.63) is 71.3 Å². The van der Waals surface area contributed by atoms with Crippen LogP contribution in [0.3, 0.4) is 0 Å². The van der Waals surface area contributed by atoms with E-state index in [1.165, 1.54) is 12.1 Å². The molecule has 1 aliphatic heterocycles. The summed E-state index contributed by atoms with van der Waals surface area (Å²) in [5.41, 5.74) is 1.79. The quantitative estimate of drug-likeness (QED) is 0.863. The highest BCUT2D eigenvalue weighted by Crippen LogP contribution is 2.35. The maximum Gasteiger partial charge on any atom is 0.167 e. The standard InChI is InChI=1S/C19H19FN2O/c1-19(2)12-22-17(13-6-8-14(20)9-7-13)16(18(19)23)11-15-5-3-4-10-21-15/h3-11,17,22H,12H2,1-2H3. The number of nitrogens with zero attached hydrogens (tertiary/aromatic N) is 1. The second kappa shape index (κ2) is 6.05. The third-order valence-corrected chi connectivity index (χ3v) is 4.13. The molecule has 118 valence electrons. The lowest BCUT2D eigenvalue weighted by Crippen LogP contribution is -2.46. The molecule has 3 nitrogen and oxygen atoms in total. The molecule has 1 aromatic heterocycles. The molecule has 1 saturated heterocycles. The number of pyridine rings is 1. The van der Waals surface area contributed by atoms with Gasteiger partial charge >= 0.3 is 0 Å². The number of Topliss-reactive ketones (excluding diaryl/α,β-unsaturated/α-hetero) is 1. The number of halogens is 1. The summed E-state index contributed by atoms with van der Waals surface area (Å²) >= 11 is 0. The van der Waals surface area contributed by atoms with Crippen molar-refractivity contribution in [3.63, 3.8) is 0 Å². The van der Waals surface area contributed by atoms with Gasteiger partial charge in [-0.15, -0.1) is 0 Å². The average Bonchev–Trinajstić information content (AvgIpc) is 2.54. The zero-order valence-corrected chi connectivity index (χ0v) is 13.2. The summed E-state index contributed by atoms with van der Waals surface area (Å²) < 4.78 is 13.2. The van der Waals surface area contributed by atoms with E-state index in [1.54, 1.807) is 18.3 Å². The number of carbonyl (C=O) groups excluding carboxylic acids is 1. The Hall–Kier alpha value is -2.33. The number of hydrogen-bond acceptors (Lipinski definition) is 3. The predicted octanol–water partition coefficient (Wildman–Crippen LogP) is 3.54. The first-order valence-electron chi connectivity index (χ1n) is 7.64. The smallest absolute Gasteiger partial charge is 0.167 e. The average molecular weight is 310 g/mol. The maximum absolute atomic E-state index is 13.2. The van der Waals surface area contributed by atoms with E-state index < -0.39 is 5.41 Å². The fraction of sp³-hybridized carbons (Fsp3) is 0.263. The summed E-state index contributed by atoms with van der Waals surface area (Å²) in [6.07, 6.45) is 3.52. The van der Waals surface area contributed by atoms with Crippen LogP contribution < -0.4 is 5.32 Å². The highest BCUT2D eigenvalue weighted by molar-refractivity contribution is 6.05. The number of carbonyl (C=O) groups is 1. The van der Waals surface area contributed by atoms with Gasteiger partial charge in [-0.2, -0.15) is 0 Å². The van der Waals surface area contributed by atoms with Crippen LogP contribution >= 0.6 is 0 Å². The number of ketones is 1. The van der Waals surface area contributed by atoms with Crippen LogP contribution in [0, 0.1) is 11.2 Å². The molecule has 0 bridgehead atoms. The third kappa shape index (κ3) is 3.22. The minimum absolute atomic E-state index is 0.0937. The van der Waals surface area contributed by atoms with Crippen LogP contribution in [0.5, 0.6) is 0 Å². The molecule has 0 spiro atoms. The lowest BCUT2D eigenvalue weighted by atomic mass is 9.76. The summed E-state index contributed by atoms with van der Waals surface area (Å²) in [6, 6.07) is 11.6. The minimum atomic E-state index is -0.475. The molecule has 0 radical (unpaired) electrons. The zero-order chi connectivity index (χ0) is 16.4. The van der Waals surface area contributed by atoms with Gasteiger partial charge < -0.3 is 5.32 Å². The molecule has 1 aliphatic rings. The Kier molecular flexibility index (Phi) is 4.09. The van der Waals surface area contributed by atoms with Crippen LogP contribution in [0.1, 0.15) is 31.1 Å². The zero-order valence-electron chi connectivity index (χ0n) is 13.2. The second-order valence-corrected chi connectivity index (χ2v) is 6.43. The first kappa shape index (κ1) is 15.6. The van der Waals surface area contributed by atoms with Gasteiger partial charge in [0, 0.05) is 23.7 Å². The van der Waals surface area contributed by atoms with Crippen LogP contribution in [0.25, 0.3) is 6.08 Å². The van der Waals surface area contributed by atoms with Crippen LogP contribution in [0.15, 0.2) is 54.2 Å². The molecule has 2 heterocycles. The third-order valence-electron chi connectivity index (χ3n) is 4.13. The van der Waals surface area contributed by atoms with Crippen LogP contribution in [0.2, 0.25) is 0 Å². The largest absolute Gasteiger partial charge is 0.305 e. The van der Waals surface area contributed by atoms with Crippen LogP contribution in [-0.2, 0) is 4.79 Å². The summed E-state index contributed by atoms with van der Waals surface area (Å²) in [4.78, 5) is 17.2. The number of rotatable bonds is 2. The van der Waals surface area contributed by atoms with Crippen molar-refractivity contribution in [2.45, 2.75) is 19.9 Å². The van der Waals surface area contributed by atoms with Gasteiger partial charge in [0.15, 0.2) is 5.78 Å². The van der Waals surface area contributed by atoms with Gasteiger partial charge in [-0.3, -0.25) is 9.78 Å². The van der Waals surface area contributed by atoms with Gasteiger partial charge in [0.05, 0.1) is 11.7 Å². The van der Waals surface area contributed by atoms with Gasteiger partial charge in [-0.25, -0.2) is 4.39 Å². The first-order chi connectivity index (χ1) is 11.0. The Morgan fingerprint density at radius 3 is 2.61 bits per heavy atom. The van der Waals surface area contributed by atoms with E-state index in [0.29, 0.717) is 12.1 Å². The lowest BCUT2D eigenvalue weighted by Gasteiger charge is -2.36. The van der Waals surface area contributed by atoms with Crippen molar-refractivity contribution >= 4 is 11.9 Å². The maximum atomic E-state index is 13.2. The van der Waals surface area contributed by atoms with E-state index in [9.17, 15) is 9.18 Å². The summed E-state index contributed by atoms with van der Waals surface area (Å²) in [5.74, 6) is -0.192. The van der Waals surface area contributed by atoms with Crippen LogP contribution in [-0.4, -0.2) is 17.3 Å². The Morgan fingerprint density at radius 1 is 1.22 bits per heavy atom. The fourth-order valence-corrected chi connectivity index (χ4v) is 2.79. The first-order valence-corrected chi connectivity index (χ1v) is 7.64. The van der Waals surface area contributed by atoms with Crippen LogP contribution in [0.4, 0.5) is 4.39 Å². The molecule has 3 rings (SSSR count). The van der Waals surface area contributed by atoms with Crippen molar-refractivity contribution in [1.29, 1.82) is 0 Å². The minimum Gasteiger partial charge on any atom is -0.305 e. The van der Waals surface area contributed by atoms with E-state index in [-0.39, 0.29) is 17.6 Å². The molecular formula is C19H19FN2O. The molecule has 1 aromatic carbocycles. The molecule has 0 amide bonds. The molecule has 1 fully saturated rings. The Balaban J connectivity index is 2.05. The molecule has 2 aromatic rings. The van der Waals surface area contributed by atoms with Gasteiger partial charge in [-0.05, 0) is 35.9 Å². The molecule has 1 N–H and O–H groups in total. The summed E-state index contributed by atoms with van der Waals surface area (Å²) in [5, 5.41) is 3.41. The van der Waals surface area contributed by atoms with E-state index in [2.05, 4.69) is 10.3 Å². The van der Waals surface area contributed by atoms with Gasteiger partial charge in [0.1, 0.15) is 5.82 Å². The Bertz CT molecular complexity index is 736. The monoisotopic (exact) mass is 310 g/mol. The van der Waals surface area contributed by atoms with E-state index in [1.807, 2.05) is 38.1 Å². The highest BCUT2D eigenvalue weighted by Gasteiger charge is 2.39. The molecule has 1 unspecified atom stereocenters.